The maximum atomic E-state index is 12.9. The second kappa shape index (κ2) is 9.38. The molecule has 3 aromatic heterocycles. The fourth-order valence-corrected chi connectivity index (χ4v) is 3.98. The van der Waals surface area contributed by atoms with Gasteiger partial charge in [-0.3, -0.25) is 9.59 Å². The van der Waals surface area contributed by atoms with Gasteiger partial charge in [0.05, 0.1) is 30.1 Å². The fourth-order valence-electron chi connectivity index (χ4n) is 3.98. The number of fused-ring (bicyclic) bond motifs is 1. The topological polar surface area (TPSA) is 88.8 Å². The van der Waals surface area contributed by atoms with Crippen LogP contribution in [0.4, 0.5) is 11.4 Å². The fraction of sp³-hybridized carbons (Fsp3) is 0.417. The molecule has 1 fully saturated rings. The standard InChI is InChI=1S/C24H29N5O3/c1-4-32-23(30)12-18-14-29-15-20(27-24(31)19-7-5-6-17(3)25-19)21(13-22(29)26-18)28-10-8-16(2)9-11-28/h5-7,13-16H,4,8-12H2,1-3H3,(H,27,31). The van der Waals surface area contributed by atoms with Gasteiger partial charge in [0, 0.05) is 37.2 Å². The molecule has 168 valence electrons. The number of hydrogen-bond donors (Lipinski definition) is 1. The van der Waals surface area contributed by atoms with Gasteiger partial charge in [-0.2, -0.15) is 0 Å². The Balaban J connectivity index is 1.68. The van der Waals surface area contributed by atoms with Crippen molar-refractivity contribution in [2.45, 2.75) is 40.0 Å². The number of carbonyl (C=O) groups is 2. The third-order valence-corrected chi connectivity index (χ3v) is 5.75. The molecule has 32 heavy (non-hydrogen) atoms. The van der Waals surface area contributed by atoms with Gasteiger partial charge in [0.15, 0.2) is 0 Å². The number of ether oxygens (including phenoxy) is 1. The van der Waals surface area contributed by atoms with Gasteiger partial charge in [-0.15, -0.1) is 0 Å². The number of nitrogens with one attached hydrogen (secondary N) is 1. The lowest BCUT2D eigenvalue weighted by atomic mass is 9.99. The van der Waals surface area contributed by atoms with Gasteiger partial charge in [0.1, 0.15) is 11.3 Å². The molecule has 0 radical (unpaired) electrons. The van der Waals surface area contributed by atoms with Crippen LogP contribution in [0.15, 0.2) is 36.7 Å². The molecule has 8 heteroatoms. The Kier molecular flexibility index (Phi) is 6.39. The predicted molar refractivity (Wildman–Crippen MR) is 123 cm³/mol. The van der Waals surface area contributed by atoms with Crippen LogP contribution in [0, 0.1) is 12.8 Å². The van der Waals surface area contributed by atoms with E-state index in [0.29, 0.717) is 29.6 Å². The molecule has 0 bridgehead atoms. The summed E-state index contributed by atoms with van der Waals surface area (Å²) in [6, 6.07) is 7.37. The van der Waals surface area contributed by atoms with Crippen LogP contribution in [0.5, 0.6) is 0 Å². The highest BCUT2D eigenvalue weighted by Crippen LogP contribution is 2.31. The van der Waals surface area contributed by atoms with E-state index in [-0.39, 0.29) is 18.3 Å². The highest BCUT2D eigenvalue weighted by molar-refractivity contribution is 6.04. The zero-order chi connectivity index (χ0) is 22.7. The first-order valence-electron chi connectivity index (χ1n) is 11.1. The Hall–Kier alpha value is -3.42. The number of pyridine rings is 2. The van der Waals surface area contributed by atoms with E-state index in [1.165, 1.54) is 0 Å². The second-order valence-electron chi connectivity index (χ2n) is 8.34. The van der Waals surface area contributed by atoms with Crippen molar-refractivity contribution in [3.8, 4) is 0 Å². The first kappa shape index (κ1) is 21.8. The number of aromatic nitrogens is 3. The maximum absolute atomic E-state index is 12.9. The first-order valence-corrected chi connectivity index (χ1v) is 11.1. The van der Waals surface area contributed by atoms with Crippen LogP contribution in [0.25, 0.3) is 5.65 Å². The molecule has 0 saturated carbocycles. The van der Waals surface area contributed by atoms with Crippen LogP contribution >= 0.6 is 0 Å². The Morgan fingerprint density at radius 1 is 1.19 bits per heavy atom. The van der Waals surface area contributed by atoms with Gasteiger partial charge in [0.2, 0.25) is 0 Å². The van der Waals surface area contributed by atoms with Crippen molar-refractivity contribution >= 4 is 28.9 Å². The summed E-state index contributed by atoms with van der Waals surface area (Å²) in [5.74, 6) is 0.124. The molecule has 0 atom stereocenters. The minimum absolute atomic E-state index is 0.112. The molecule has 1 N–H and O–H groups in total. The summed E-state index contributed by atoms with van der Waals surface area (Å²) in [4.78, 5) is 36.1. The summed E-state index contributed by atoms with van der Waals surface area (Å²) in [5.41, 5.74) is 4.14. The predicted octanol–water partition coefficient (Wildman–Crippen LogP) is 3.63. The van der Waals surface area contributed by atoms with Crippen LogP contribution in [0.1, 0.15) is 48.6 Å². The monoisotopic (exact) mass is 435 g/mol. The average molecular weight is 436 g/mol. The van der Waals surface area contributed by atoms with Crippen molar-refractivity contribution < 1.29 is 14.3 Å². The smallest absolute Gasteiger partial charge is 0.311 e. The van der Waals surface area contributed by atoms with Gasteiger partial charge < -0.3 is 19.4 Å². The van der Waals surface area contributed by atoms with Crippen molar-refractivity contribution in [3.63, 3.8) is 0 Å². The SMILES string of the molecule is CCOC(=O)Cc1cn2cc(NC(=O)c3cccc(C)n3)c(N3CCC(C)CC3)cc2n1. The molecule has 4 rings (SSSR count). The summed E-state index contributed by atoms with van der Waals surface area (Å²) in [5, 5.41) is 3.04. The van der Waals surface area contributed by atoms with Crippen molar-refractivity contribution in [2.24, 2.45) is 5.92 Å². The lowest BCUT2D eigenvalue weighted by Crippen LogP contribution is -2.33. The van der Waals surface area contributed by atoms with Crippen molar-refractivity contribution in [3.05, 3.63) is 53.7 Å². The highest BCUT2D eigenvalue weighted by Gasteiger charge is 2.21. The molecule has 1 aliphatic heterocycles. The third kappa shape index (κ3) is 4.90. The molecule has 0 unspecified atom stereocenters. The summed E-state index contributed by atoms with van der Waals surface area (Å²) in [6.07, 6.45) is 5.97. The van der Waals surface area contributed by atoms with Crippen LogP contribution in [0.3, 0.4) is 0 Å². The summed E-state index contributed by atoms with van der Waals surface area (Å²) < 4.78 is 6.88. The number of piperidine rings is 1. The Morgan fingerprint density at radius 2 is 1.97 bits per heavy atom. The van der Waals surface area contributed by atoms with Crippen LogP contribution < -0.4 is 10.2 Å². The number of hydrogen-bond acceptors (Lipinski definition) is 6. The number of rotatable bonds is 6. The molecule has 1 amide bonds. The number of anilines is 2. The van der Waals surface area contributed by atoms with E-state index in [0.717, 1.165) is 43.0 Å². The number of carbonyl (C=O) groups excluding carboxylic acids is 2. The van der Waals surface area contributed by atoms with Crippen LogP contribution in [-0.4, -0.2) is 45.9 Å². The summed E-state index contributed by atoms with van der Waals surface area (Å²) in [6.45, 7) is 8.08. The largest absolute Gasteiger partial charge is 0.466 e. The molecule has 4 heterocycles. The normalized spacial score (nSPS) is 14.5. The molecule has 0 spiro atoms. The molecule has 3 aromatic rings. The van der Waals surface area contributed by atoms with E-state index in [2.05, 4.69) is 27.1 Å². The quantitative estimate of drug-likeness (QED) is 0.595. The number of imidazole rings is 1. The Labute approximate surface area is 187 Å². The average Bonchev–Trinajstić information content (AvgIpc) is 3.15. The van der Waals surface area contributed by atoms with Crippen molar-refractivity contribution in [2.75, 3.05) is 29.9 Å². The lowest BCUT2D eigenvalue weighted by molar-refractivity contribution is -0.142. The number of amides is 1. The van der Waals surface area contributed by atoms with Gasteiger partial charge in [-0.25, -0.2) is 9.97 Å². The maximum Gasteiger partial charge on any atom is 0.311 e. The summed E-state index contributed by atoms with van der Waals surface area (Å²) >= 11 is 0. The van der Waals surface area contributed by atoms with E-state index < -0.39 is 0 Å². The molecular weight excluding hydrogens is 406 g/mol. The molecule has 1 saturated heterocycles. The zero-order valence-electron chi connectivity index (χ0n) is 18.8. The number of nitrogens with zero attached hydrogens (tertiary/aromatic N) is 4. The van der Waals surface area contributed by atoms with Gasteiger partial charge in [0.25, 0.3) is 5.91 Å². The van der Waals surface area contributed by atoms with Crippen LogP contribution in [0.2, 0.25) is 0 Å². The molecule has 1 aliphatic rings. The molecule has 0 aliphatic carbocycles. The number of esters is 1. The van der Waals surface area contributed by atoms with E-state index in [1.54, 1.807) is 19.2 Å². The molecule has 8 nitrogen and oxygen atoms in total. The van der Waals surface area contributed by atoms with Crippen LogP contribution in [-0.2, 0) is 16.0 Å². The van der Waals surface area contributed by atoms with E-state index in [1.807, 2.05) is 35.7 Å². The summed E-state index contributed by atoms with van der Waals surface area (Å²) in [7, 11) is 0. The highest BCUT2D eigenvalue weighted by atomic mass is 16.5. The molecule has 0 aromatic carbocycles. The Bertz CT molecular complexity index is 1130. The van der Waals surface area contributed by atoms with Crippen molar-refractivity contribution in [1.82, 2.24) is 14.4 Å². The number of aryl methyl sites for hydroxylation is 1. The van der Waals surface area contributed by atoms with Gasteiger partial charge >= 0.3 is 5.97 Å². The minimum Gasteiger partial charge on any atom is -0.466 e. The van der Waals surface area contributed by atoms with Gasteiger partial charge in [-0.05, 0) is 44.7 Å². The third-order valence-electron chi connectivity index (χ3n) is 5.75. The van der Waals surface area contributed by atoms with Gasteiger partial charge in [-0.1, -0.05) is 13.0 Å². The molecular formula is C24H29N5O3. The second-order valence-corrected chi connectivity index (χ2v) is 8.34. The van der Waals surface area contributed by atoms with Crippen molar-refractivity contribution in [1.29, 1.82) is 0 Å². The lowest BCUT2D eigenvalue weighted by Gasteiger charge is -2.33. The van der Waals surface area contributed by atoms with E-state index in [4.69, 9.17) is 4.74 Å². The Morgan fingerprint density at radius 3 is 2.69 bits per heavy atom. The minimum atomic E-state index is -0.305. The first-order chi connectivity index (χ1) is 15.4. The van der Waals surface area contributed by atoms with E-state index in [9.17, 15) is 9.59 Å². The zero-order valence-corrected chi connectivity index (χ0v) is 18.8. The van der Waals surface area contributed by atoms with E-state index >= 15 is 0 Å².